The predicted molar refractivity (Wildman–Crippen MR) is 73.8 cm³/mol. The van der Waals surface area contributed by atoms with E-state index in [0.29, 0.717) is 0 Å². The van der Waals surface area contributed by atoms with Crippen LogP contribution in [0, 0.1) is 17.8 Å². The van der Waals surface area contributed by atoms with Crippen molar-refractivity contribution in [2.24, 2.45) is 17.8 Å². The lowest BCUT2D eigenvalue weighted by molar-refractivity contribution is 0.348. The van der Waals surface area contributed by atoms with Gasteiger partial charge in [0.25, 0.3) is 0 Å². The summed E-state index contributed by atoms with van der Waals surface area (Å²) >= 11 is 3.37. The van der Waals surface area contributed by atoms with Crippen LogP contribution in [0.5, 0.6) is 0 Å². The molecule has 4 heteroatoms. The maximum Gasteiger partial charge on any atom is 0.149 e. The van der Waals surface area contributed by atoms with E-state index in [9.17, 15) is 0 Å². The lowest BCUT2D eigenvalue weighted by atomic mass is 9.89. The van der Waals surface area contributed by atoms with Crippen LogP contribution in [0.4, 0.5) is 11.5 Å². The second-order valence-corrected chi connectivity index (χ2v) is 6.32. The number of nitrogen functional groups attached to an aromatic ring is 1. The molecule has 2 saturated carbocycles. The molecule has 2 fully saturated rings. The molecule has 0 radical (unpaired) electrons. The summed E-state index contributed by atoms with van der Waals surface area (Å²) in [6.07, 6.45) is 7.53. The molecule has 0 aromatic carbocycles. The first-order valence-electron chi connectivity index (χ1n) is 6.37. The van der Waals surface area contributed by atoms with Crippen LogP contribution in [-0.2, 0) is 0 Å². The van der Waals surface area contributed by atoms with Crippen molar-refractivity contribution in [2.45, 2.75) is 25.7 Å². The van der Waals surface area contributed by atoms with Gasteiger partial charge in [-0.25, -0.2) is 4.98 Å². The molecule has 2 aliphatic rings. The molecular weight excluding hydrogens is 278 g/mol. The highest BCUT2D eigenvalue weighted by Gasteiger charge is 2.39. The summed E-state index contributed by atoms with van der Waals surface area (Å²) in [6.45, 7) is 1.03. The van der Waals surface area contributed by atoms with Crippen molar-refractivity contribution < 1.29 is 0 Å². The summed E-state index contributed by atoms with van der Waals surface area (Å²) in [5.74, 6) is 3.61. The fourth-order valence-corrected chi connectivity index (χ4v) is 3.81. The predicted octanol–water partition coefficient (Wildman–Crippen LogP) is 3.27. The van der Waals surface area contributed by atoms with Gasteiger partial charge in [0.05, 0.1) is 5.69 Å². The number of nitrogens with zero attached hydrogens (tertiary/aromatic N) is 1. The number of halogens is 1. The smallest absolute Gasteiger partial charge is 0.149 e. The summed E-state index contributed by atoms with van der Waals surface area (Å²) in [6, 6.07) is 1.90. The maximum atomic E-state index is 5.93. The normalized spacial score (nSPS) is 30.8. The zero-order valence-corrected chi connectivity index (χ0v) is 11.4. The Morgan fingerprint density at radius 2 is 2.29 bits per heavy atom. The Kier molecular flexibility index (Phi) is 2.99. The highest BCUT2D eigenvalue weighted by Crippen LogP contribution is 2.48. The number of hydrogen-bond acceptors (Lipinski definition) is 3. The van der Waals surface area contributed by atoms with Gasteiger partial charge in [-0.2, -0.15) is 0 Å². The van der Waals surface area contributed by atoms with E-state index in [4.69, 9.17) is 5.73 Å². The SMILES string of the molecule is Nc1cc(Br)cnc1NCC1CC2CCC1C2. The van der Waals surface area contributed by atoms with Crippen LogP contribution in [-0.4, -0.2) is 11.5 Å². The topological polar surface area (TPSA) is 50.9 Å². The fraction of sp³-hybridized carbons (Fsp3) is 0.615. The Morgan fingerprint density at radius 3 is 2.94 bits per heavy atom. The Hall–Kier alpha value is -0.770. The van der Waals surface area contributed by atoms with Gasteiger partial charge >= 0.3 is 0 Å². The number of anilines is 2. The lowest BCUT2D eigenvalue weighted by Gasteiger charge is -2.22. The summed E-state index contributed by atoms with van der Waals surface area (Å²) in [5, 5.41) is 3.41. The molecule has 2 bridgehead atoms. The molecule has 3 rings (SSSR count). The quantitative estimate of drug-likeness (QED) is 0.900. The van der Waals surface area contributed by atoms with Crippen molar-refractivity contribution in [1.82, 2.24) is 4.98 Å². The first-order valence-corrected chi connectivity index (χ1v) is 7.16. The minimum Gasteiger partial charge on any atom is -0.396 e. The Labute approximate surface area is 110 Å². The van der Waals surface area contributed by atoms with Crippen molar-refractivity contribution in [2.75, 3.05) is 17.6 Å². The molecule has 17 heavy (non-hydrogen) atoms. The van der Waals surface area contributed by atoms with Gasteiger partial charge in [-0.3, -0.25) is 0 Å². The van der Waals surface area contributed by atoms with E-state index >= 15 is 0 Å². The third kappa shape index (κ3) is 2.28. The minimum atomic E-state index is 0.725. The number of fused-ring (bicyclic) bond motifs is 2. The number of nitrogens with two attached hydrogens (primary N) is 1. The highest BCUT2D eigenvalue weighted by molar-refractivity contribution is 9.10. The molecule has 0 saturated heterocycles. The third-order valence-corrected chi connectivity index (χ3v) is 4.73. The molecular formula is C13H18BrN3. The van der Waals surface area contributed by atoms with Crippen LogP contribution in [0.1, 0.15) is 25.7 Å². The van der Waals surface area contributed by atoms with Gasteiger partial charge in [-0.05, 0) is 59.0 Å². The summed E-state index contributed by atoms with van der Waals surface area (Å²) in [5.41, 5.74) is 6.65. The standard InChI is InChI=1S/C13H18BrN3/c14-11-5-12(15)13(17-7-11)16-6-10-4-8-1-2-9(10)3-8/h5,7-10H,1-4,6,15H2,(H,16,17). The van der Waals surface area contributed by atoms with E-state index < -0.39 is 0 Å². The summed E-state index contributed by atoms with van der Waals surface area (Å²) in [7, 11) is 0. The van der Waals surface area contributed by atoms with Crippen LogP contribution >= 0.6 is 15.9 Å². The van der Waals surface area contributed by atoms with Crippen LogP contribution in [0.25, 0.3) is 0 Å². The monoisotopic (exact) mass is 295 g/mol. The zero-order valence-electron chi connectivity index (χ0n) is 9.82. The molecule has 2 aliphatic carbocycles. The van der Waals surface area contributed by atoms with Gasteiger partial charge in [0.1, 0.15) is 5.82 Å². The van der Waals surface area contributed by atoms with Gasteiger partial charge in [-0.1, -0.05) is 6.42 Å². The van der Waals surface area contributed by atoms with Crippen LogP contribution < -0.4 is 11.1 Å². The van der Waals surface area contributed by atoms with Crippen molar-refractivity contribution in [3.05, 3.63) is 16.7 Å². The lowest BCUT2D eigenvalue weighted by Crippen LogP contribution is -2.21. The van der Waals surface area contributed by atoms with Gasteiger partial charge in [0.2, 0.25) is 0 Å². The first kappa shape index (κ1) is 11.3. The second kappa shape index (κ2) is 4.48. The third-order valence-electron chi connectivity index (χ3n) is 4.30. The average molecular weight is 296 g/mol. The Balaban J connectivity index is 1.60. The molecule has 3 unspecified atom stereocenters. The van der Waals surface area contributed by atoms with E-state index in [1.54, 1.807) is 6.20 Å². The van der Waals surface area contributed by atoms with Crippen LogP contribution in [0.3, 0.4) is 0 Å². The second-order valence-electron chi connectivity index (χ2n) is 5.41. The van der Waals surface area contributed by atoms with Gasteiger partial charge in [0.15, 0.2) is 0 Å². The van der Waals surface area contributed by atoms with Gasteiger partial charge in [-0.15, -0.1) is 0 Å². The van der Waals surface area contributed by atoms with E-state index in [1.807, 2.05) is 6.07 Å². The minimum absolute atomic E-state index is 0.725. The first-order chi connectivity index (χ1) is 8.22. The van der Waals surface area contributed by atoms with Gasteiger partial charge in [0, 0.05) is 17.2 Å². The Morgan fingerprint density at radius 1 is 1.41 bits per heavy atom. The summed E-state index contributed by atoms with van der Waals surface area (Å²) < 4.78 is 0.931. The number of rotatable bonds is 3. The Bertz CT molecular complexity index is 421. The van der Waals surface area contributed by atoms with Crippen molar-refractivity contribution >= 4 is 27.4 Å². The molecule has 1 aromatic rings. The van der Waals surface area contributed by atoms with Crippen LogP contribution in [0.15, 0.2) is 16.7 Å². The van der Waals surface area contributed by atoms with E-state index in [2.05, 4.69) is 26.2 Å². The van der Waals surface area contributed by atoms with Crippen molar-refractivity contribution in [3.63, 3.8) is 0 Å². The van der Waals surface area contributed by atoms with Crippen molar-refractivity contribution in [3.8, 4) is 0 Å². The maximum absolute atomic E-state index is 5.93. The van der Waals surface area contributed by atoms with Crippen LogP contribution in [0.2, 0.25) is 0 Å². The zero-order chi connectivity index (χ0) is 11.8. The van der Waals surface area contributed by atoms with Gasteiger partial charge < -0.3 is 11.1 Å². The molecule has 0 aliphatic heterocycles. The molecule has 0 amide bonds. The molecule has 3 nitrogen and oxygen atoms in total. The molecule has 1 aromatic heterocycles. The molecule has 3 N–H and O–H groups in total. The average Bonchev–Trinajstić information content (AvgIpc) is 2.89. The molecule has 1 heterocycles. The largest absolute Gasteiger partial charge is 0.396 e. The molecule has 92 valence electrons. The number of hydrogen-bond donors (Lipinski definition) is 2. The number of aromatic nitrogens is 1. The number of pyridine rings is 1. The fourth-order valence-electron chi connectivity index (χ4n) is 3.46. The van der Waals surface area contributed by atoms with E-state index in [0.717, 1.165) is 40.3 Å². The highest BCUT2D eigenvalue weighted by atomic mass is 79.9. The van der Waals surface area contributed by atoms with E-state index in [-0.39, 0.29) is 0 Å². The molecule has 0 spiro atoms. The number of nitrogens with one attached hydrogen (secondary N) is 1. The summed E-state index contributed by atoms with van der Waals surface area (Å²) in [4.78, 5) is 4.32. The molecule has 3 atom stereocenters. The van der Waals surface area contributed by atoms with Crippen molar-refractivity contribution in [1.29, 1.82) is 0 Å². The van der Waals surface area contributed by atoms with E-state index in [1.165, 1.54) is 25.7 Å².